The van der Waals surface area contributed by atoms with Crippen LogP contribution in [0.1, 0.15) is 42.9 Å². The van der Waals surface area contributed by atoms with Gasteiger partial charge >= 0.3 is 0 Å². The molecule has 0 amide bonds. The Kier molecular flexibility index (Phi) is 5.26. The molecule has 0 aromatic heterocycles. The van der Waals surface area contributed by atoms with Gasteiger partial charge in [0, 0.05) is 22.8 Å². The second kappa shape index (κ2) is 7.60. The smallest absolute Gasteiger partial charge is 0.161 e. The predicted molar refractivity (Wildman–Crippen MR) is 104 cm³/mol. The summed E-state index contributed by atoms with van der Waals surface area (Å²) in [4.78, 5) is 0. The van der Waals surface area contributed by atoms with Crippen molar-refractivity contribution >= 4 is 11.4 Å². The third-order valence-electron chi connectivity index (χ3n) is 4.77. The van der Waals surface area contributed by atoms with E-state index in [1.165, 1.54) is 0 Å². The highest BCUT2D eigenvalue weighted by molar-refractivity contribution is 6.17. The SMILES string of the molecule is CC[C@@H]1C(C)=NN=C(c2ccccc2OC)c2cc(OC)c(OC)cc21. The summed E-state index contributed by atoms with van der Waals surface area (Å²) in [6.07, 6.45) is 0.923. The molecule has 1 atom stereocenters. The number of rotatable bonds is 5. The summed E-state index contributed by atoms with van der Waals surface area (Å²) >= 11 is 0. The minimum Gasteiger partial charge on any atom is -0.496 e. The van der Waals surface area contributed by atoms with Gasteiger partial charge in [-0.05, 0) is 43.2 Å². The van der Waals surface area contributed by atoms with Crippen LogP contribution in [0.5, 0.6) is 17.2 Å². The van der Waals surface area contributed by atoms with Crippen LogP contribution in [0.15, 0.2) is 46.6 Å². The molecule has 0 saturated carbocycles. The van der Waals surface area contributed by atoms with Gasteiger partial charge in [0.25, 0.3) is 0 Å². The number of ether oxygens (including phenoxy) is 3. The van der Waals surface area contributed by atoms with Gasteiger partial charge in [-0.1, -0.05) is 19.1 Å². The van der Waals surface area contributed by atoms with Gasteiger partial charge in [0.15, 0.2) is 11.5 Å². The van der Waals surface area contributed by atoms with Crippen LogP contribution in [0, 0.1) is 0 Å². The standard InChI is InChI=1S/C21H24N2O3/c1-6-14-13(2)22-23-21(15-9-7-8-10-18(15)24-3)17-12-20(26-5)19(25-4)11-16(14)17/h7-12,14H,6H2,1-5H3/t14-/m1/s1. The molecule has 2 aromatic carbocycles. The lowest BCUT2D eigenvalue weighted by molar-refractivity contribution is 0.354. The van der Waals surface area contributed by atoms with Crippen LogP contribution in [0.3, 0.4) is 0 Å². The van der Waals surface area contributed by atoms with E-state index >= 15 is 0 Å². The molecular formula is C21H24N2O3. The lowest BCUT2D eigenvalue weighted by Crippen LogP contribution is -2.13. The van der Waals surface area contributed by atoms with Crippen molar-refractivity contribution in [2.75, 3.05) is 21.3 Å². The first-order valence-corrected chi connectivity index (χ1v) is 8.66. The van der Waals surface area contributed by atoms with Crippen molar-refractivity contribution < 1.29 is 14.2 Å². The summed E-state index contributed by atoms with van der Waals surface area (Å²) in [7, 11) is 4.95. The molecule has 1 aliphatic heterocycles. The summed E-state index contributed by atoms with van der Waals surface area (Å²) in [6.45, 7) is 4.17. The number of benzene rings is 2. The van der Waals surface area contributed by atoms with Crippen LogP contribution in [0.4, 0.5) is 0 Å². The molecule has 136 valence electrons. The van der Waals surface area contributed by atoms with Crippen LogP contribution in [-0.4, -0.2) is 32.8 Å². The number of fused-ring (bicyclic) bond motifs is 1. The Labute approximate surface area is 154 Å². The maximum absolute atomic E-state index is 5.55. The first kappa shape index (κ1) is 18.0. The van der Waals surface area contributed by atoms with E-state index in [-0.39, 0.29) is 5.92 Å². The highest BCUT2D eigenvalue weighted by atomic mass is 16.5. The van der Waals surface area contributed by atoms with Crippen molar-refractivity contribution in [3.8, 4) is 17.2 Å². The monoisotopic (exact) mass is 352 g/mol. The van der Waals surface area contributed by atoms with E-state index in [0.717, 1.165) is 40.3 Å². The van der Waals surface area contributed by atoms with Gasteiger partial charge in [-0.25, -0.2) is 0 Å². The van der Waals surface area contributed by atoms with Crippen LogP contribution >= 0.6 is 0 Å². The average Bonchev–Trinajstić information content (AvgIpc) is 2.82. The topological polar surface area (TPSA) is 52.4 Å². The fourth-order valence-electron chi connectivity index (χ4n) is 3.42. The normalized spacial score (nSPS) is 16.1. The molecule has 5 nitrogen and oxygen atoms in total. The van der Waals surface area contributed by atoms with Crippen molar-refractivity contribution in [2.24, 2.45) is 10.2 Å². The molecule has 1 aliphatic rings. The molecule has 2 aromatic rings. The minimum atomic E-state index is 0.167. The van der Waals surface area contributed by atoms with Crippen LogP contribution in [0.25, 0.3) is 0 Å². The first-order valence-electron chi connectivity index (χ1n) is 8.66. The number of nitrogens with zero attached hydrogens (tertiary/aromatic N) is 2. The van der Waals surface area contributed by atoms with E-state index in [1.54, 1.807) is 21.3 Å². The Hall–Kier alpha value is -2.82. The van der Waals surface area contributed by atoms with Gasteiger partial charge in [-0.3, -0.25) is 0 Å². The molecule has 5 heteroatoms. The van der Waals surface area contributed by atoms with Gasteiger partial charge in [0.2, 0.25) is 0 Å². The molecule has 26 heavy (non-hydrogen) atoms. The molecule has 3 rings (SSSR count). The molecule has 0 N–H and O–H groups in total. The molecule has 0 radical (unpaired) electrons. The highest BCUT2D eigenvalue weighted by Crippen LogP contribution is 2.39. The van der Waals surface area contributed by atoms with Crippen LogP contribution in [-0.2, 0) is 0 Å². The maximum atomic E-state index is 5.55. The summed E-state index contributed by atoms with van der Waals surface area (Å²) < 4.78 is 16.6. The van der Waals surface area contributed by atoms with Gasteiger partial charge in [0.1, 0.15) is 11.5 Å². The quantitative estimate of drug-likeness (QED) is 0.800. The Balaban J connectivity index is 2.31. The number of para-hydroxylation sites is 1. The second-order valence-corrected chi connectivity index (χ2v) is 6.15. The summed E-state index contributed by atoms with van der Waals surface area (Å²) in [5.74, 6) is 2.30. The lowest BCUT2D eigenvalue weighted by Gasteiger charge is -2.20. The van der Waals surface area contributed by atoms with E-state index in [1.807, 2.05) is 43.3 Å². The van der Waals surface area contributed by atoms with E-state index in [9.17, 15) is 0 Å². The average molecular weight is 352 g/mol. The van der Waals surface area contributed by atoms with Crippen molar-refractivity contribution in [1.82, 2.24) is 0 Å². The second-order valence-electron chi connectivity index (χ2n) is 6.15. The highest BCUT2D eigenvalue weighted by Gasteiger charge is 2.27. The van der Waals surface area contributed by atoms with E-state index in [4.69, 9.17) is 14.2 Å². The summed E-state index contributed by atoms with van der Waals surface area (Å²) in [5, 5.41) is 9.08. The Morgan fingerprint density at radius 1 is 0.846 bits per heavy atom. The third kappa shape index (κ3) is 3.05. The lowest BCUT2D eigenvalue weighted by atomic mass is 9.85. The number of hydrogen-bond donors (Lipinski definition) is 0. The van der Waals surface area contributed by atoms with Crippen molar-refractivity contribution in [3.63, 3.8) is 0 Å². The van der Waals surface area contributed by atoms with Crippen molar-refractivity contribution in [2.45, 2.75) is 26.2 Å². The molecule has 0 bridgehead atoms. The Morgan fingerprint density at radius 3 is 2.15 bits per heavy atom. The van der Waals surface area contributed by atoms with Crippen molar-refractivity contribution in [3.05, 3.63) is 53.1 Å². The fraction of sp³-hybridized carbons (Fsp3) is 0.333. The number of methoxy groups -OCH3 is 3. The van der Waals surface area contributed by atoms with Gasteiger partial charge in [-0.15, -0.1) is 5.10 Å². The largest absolute Gasteiger partial charge is 0.496 e. The van der Waals surface area contributed by atoms with E-state index < -0.39 is 0 Å². The molecule has 0 unspecified atom stereocenters. The summed E-state index contributed by atoms with van der Waals surface area (Å²) in [6, 6.07) is 11.9. The molecule has 0 fully saturated rings. The van der Waals surface area contributed by atoms with Gasteiger partial charge < -0.3 is 14.2 Å². The zero-order valence-corrected chi connectivity index (χ0v) is 15.9. The van der Waals surface area contributed by atoms with Gasteiger partial charge in [0.05, 0.1) is 21.3 Å². The maximum Gasteiger partial charge on any atom is 0.161 e. The van der Waals surface area contributed by atoms with Crippen molar-refractivity contribution in [1.29, 1.82) is 0 Å². The van der Waals surface area contributed by atoms with Gasteiger partial charge in [-0.2, -0.15) is 5.10 Å². The molecular weight excluding hydrogens is 328 g/mol. The van der Waals surface area contributed by atoms with E-state index in [2.05, 4.69) is 17.1 Å². The zero-order chi connectivity index (χ0) is 18.7. The molecule has 0 aliphatic carbocycles. The zero-order valence-electron chi connectivity index (χ0n) is 15.9. The molecule has 1 heterocycles. The summed E-state index contributed by atoms with van der Waals surface area (Å²) in [5.41, 5.74) is 4.77. The van der Waals surface area contributed by atoms with E-state index in [0.29, 0.717) is 11.5 Å². The fourth-order valence-corrected chi connectivity index (χ4v) is 3.42. The minimum absolute atomic E-state index is 0.167. The Morgan fingerprint density at radius 2 is 1.50 bits per heavy atom. The number of hydrogen-bond acceptors (Lipinski definition) is 5. The molecule has 0 saturated heterocycles. The molecule has 0 spiro atoms. The Bertz CT molecular complexity index is 872. The predicted octanol–water partition coefficient (Wildman–Crippen LogP) is 4.43. The third-order valence-corrected chi connectivity index (χ3v) is 4.77. The van der Waals surface area contributed by atoms with Crippen LogP contribution < -0.4 is 14.2 Å². The first-order chi connectivity index (χ1) is 12.6. The van der Waals surface area contributed by atoms with Crippen LogP contribution in [0.2, 0.25) is 0 Å².